The Labute approximate surface area is 395 Å². The van der Waals surface area contributed by atoms with E-state index in [0.29, 0.717) is 17.5 Å². The fourth-order valence-electron chi connectivity index (χ4n) is 12.2. The van der Waals surface area contributed by atoms with Crippen molar-refractivity contribution in [2.24, 2.45) is 0 Å². The molecule has 1 aromatic heterocycles. The molecule has 2 spiro atoms. The van der Waals surface area contributed by atoms with Crippen LogP contribution in [0.5, 0.6) is 0 Å². The third kappa shape index (κ3) is 5.33. The molecule has 1 heterocycles. The van der Waals surface area contributed by atoms with Crippen molar-refractivity contribution in [3.05, 3.63) is 293 Å². The molecule has 3 nitrogen and oxygen atoms in total. The minimum Gasteiger partial charge on any atom is -0.208 e. The Morgan fingerprint density at radius 1 is 0.206 bits per heavy atom. The molecule has 14 rings (SSSR count). The van der Waals surface area contributed by atoms with Crippen molar-refractivity contribution in [1.82, 2.24) is 15.0 Å². The molecule has 3 aliphatic rings. The zero-order valence-corrected chi connectivity index (χ0v) is 37.0. The number of benzene rings is 10. The molecule has 0 fully saturated rings. The highest BCUT2D eigenvalue weighted by Crippen LogP contribution is 2.68. The van der Waals surface area contributed by atoms with E-state index < -0.39 is 10.8 Å². The van der Waals surface area contributed by atoms with Crippen LogP contribution in [0.3, 0.4) is 0 Å². The largest absolute Gasteiger partial charge is 0.208 e. The van der Waals surface area contributed by atoms with Crippen LogP contribution in [0.4, 0.5) is 0 Å². The van der Waals surface area contributed by atoms with Gasteiger partial charge in [0.1, 0.15) is 0 Å². The van der Waals surface area contributed by atoms with Crippen molar-refractivity contribution in [1.29, 1.82) is 0 Å². The van der Waals surface area contributed by atoms with Crippen LogP contribution in [0.1, 0.15) is 44.5 Å². The summed E-state index contributed by atoms with van der Waals surface area (Å²) in [7, 11) is 0. The van der Waals surface area contributed by atoms with Crippen molar-refractivity contribution in [2.75, 3.05) is 0 Å². The maximum atomic E-state index is 5.63. The van der Waals surface area contributed by atoms with Gasteiger partial charge in [0.15, 0.2) is 17.5 Å². The van der Waals surface area contributed by atoms with E-state index >= 15 is 0 Å². The molecular formula is C65H41N3. The summed E-state index contributed by atoms with van der Waals surface area (Å²) >= 11 is 0. The summed E-state index contributed by atoms with van der Waals surface area (Å²) < 4.78 is 0. The Morgan fingerprint density at radius 2 is 0.515 bits per heavy atom. The van der Waals surface area contributed by atoms with Crippen LogP contribution >= 0.6 is 0 Å². The predicted octanol–water partition coefficient (Wildman–Crippen LogP) is 15.2. The summed E-state index contributed by atoms with van der Waals surface area (Å²) in [6.07, 6.45) is 0. The number of hydrogen-bond donors (Lipinski definition) is 0. The lowest BCUT2D eigenvalue weighted by Crippen LogP contribution is -2.44. The Kier molecular flexibility index (Phi) is 8.41. The zero-order chi connectivity index (χ0) is 44.8. The van der Waals surface area contributed by atoms with Gasteiger partial charge in [0.05, 0.1) is 10.8 Å². The van der Waals surface area contributed by atoms with Gasteiger partial charge in [-0.3, -0.25) is 0 Å². The van der Waals surface area contributed by atoms with Crippen molar-refractivity contribution >= 4 is 0 Å². The summed E-state index contributed by atoms with van der Waals surface area (Å²) in [6, 6.07) is 90.6. The quantitative estimate of drug-likeness (QED) is 0.173. The number of fused-ring (bicyclic) bond motifs is 16. The first kappa shape index (κ1) is 38.5. The smallest absolute Gasteiger partial charge is 0.164 e. The molecule has 68 heavy (non-hydrogen) atoms. The molecule has 0 atom stereocenters. The molecule has 0 amide bonds. The topological polar surface area (TPSA) is 38.7 Å². The summed E-state index contributed by atoms with van der Waals surface area (Å²) in [5.41, 5.74) is 21.0. The van der Waals surface area contributed by atoms with Crippen molar-refractivity contribution in [3.63, 3.8) is 0 Å². The minimum absolute atomic E-state index is 0.620. The number of aromatic nitrogens is 3. The second kappa shape index (κ2) is 14.9. The molecule has 0 aliphatic heterocycles. The predicted molar refractivity (Wildman–Crippen MR) is 275 cm³/mol. The minimum atomic E-state index is -0.721. The summed E-state index contributed by atoms with van der Waals surface area (Å²) in [6.45, 7) is 0. The van der Waals surface area contributed by atoms with Crippen LogP contribution in [-0.2, 0) is 10.8 Å². The average Bonchev–Trinajstić information content (AvgIpc) is 3.89. The third-order valence-electron chi connectivity index (χ3n) is 14.8. The highest BCUT2D eigenvalue weighted by Gasteiger charge is 2.59. The van der Waals surface area contributed by atoms with Crippen molar-refractivity contribution < 1.29 is 0 Å². The van der Waals surface area contributed by atoms with Crippen LogP contribution in [0.15, 0.2) is 249 Å². The lowest BCUT2D eigenvalue weighted by atomic mass is 9.51. The first-order valence-corrected chi connectivity index (χ1v) is 23.4. The summed E-state index contributed by atoms with van der Waals surface area (Å²) in [5, 5.41) is 0. The van der Waals surface area contributed by atoms with Gasteiger partial charge in [0.2, 0.25) is 0 Å². The lowest BCUT2D eigenvalue weighted by molar-refractivity contribution is 0.633. The molecule has 3 aliphatic carbocycles. The first-order valence-electron chi connectivity index (χ1n) is 23.4. The maximum Gasteiger partial charge on any atom is 0.164 e. The monoisotopic (exact) mass is 863 g/mol. The third-order valence-corrected chi connectivity index (χ3v) is 14.8. The van der Waals surface area contributed by atoms with Gasteiger partial charge in [-0.05, 0) is 101 Å². The standard InChI is InChI=1S/C65H41N3/c1-3-20-42(21-4-1)44-24-17-26-46(40-44)61-66-62(47-27-18-25-45(41-47)43-22-5-2-6-23-43)68-63(67-61)52-32-19-39-59-60(52)65(55-35-13-9-30-50(55)51-31-10-14-36-56(51)65)58-38-16-15-37-57(58)64(59)53-33-11-7-28-48(53)49-29-8-12-34-54(49)64/h1-41H. The maximum absolute atomic E-state index is 5.63. The zero-order valence-electron chi connectivity index (χ0n) is 37.0. The van der Waals surface area contributed by atoms with Crippen LogP contribution < -0.4 is 0 Å². The number of nitrogens with zero attached hydrogens (tertiary/aromatic N) is 3. The molecule has 10 aromatic carbocycles. The molecule has 0 saturated heterocycles. The van der Waals surface area contributed by atoms with E-state index in [-0.39, 0.29) is 0 Å². The molecule has 0 radical (unpaired) electrons. The molecule has 11 aromatic rings. The van der Waals surface area contributed by atoms with E-state index in [0.717, 1.165) is 38.9 Å². The SMILES string of the molecule is c1ccc(-c2cccc(-c3nc(-c4cccc(-c5ccccc5)c4)nc(-c4cccc5c4C4(c6ccccc6-c6ccccc64)c4ccccc4C54c5ccccc5-c5ccccc54)n3)c2)cc1. The number of hydrogen-bond acceptors (Lipinski definition) is 3. The molecule has 0 bridgehead atoms. The first-order chi connectivity index (χ1) is 33.7. The Hall–Kier alpha value is -8.79. The van der Waals surface area contributed by atoms with Gasteiger partial charge in [-0.2, -0.15) is 0 Å². The van der Waals surface area contributed by atoms with E-state index in [4.69, 9.17) is 15.0 Å². The van der Waals surface area contributed by atoms with Crippen LogP contribution in [0.25, 0.3) is 78.7 Å². The van der Waals surface area contributed by atoms with Gasteiger partial charge >= 0.3 is 0 Å². The van der Waals surface area contributed by atoms with Gasteiger partial charge in [-0.1, -0.05) is 237 Å². The highest BCUT2D eigenvalue weighted by molar-refractivity contribution is 5.96. The van der Waals surface area contributed by atoms with E-state index in [9.17, 15) is 0 Å². The highest BCUT2D eigenvalue weighted by atomic mass is 15.0. The van der Waals surface area contributed by atoms with Crippen LogP contribution in [-0.4, -0.2) is 15.0 Å². The van der Waals surface area contributed by atoms with Gasteiger partial charge < -0.3 is 0 Å². The molecule has 3 heteroatoms. The molecule has 0 saturated carbocycles. The van der Waals surface area contributed by atoms with Gasteiger partial charge in [0, 0.05) is 16.7 Å². The number of rotatable bonds is 5. The summed E-state index contributed by atoms with van der Waals surface area (Å²) in [4.78, 5) is 16.6. The second-order valence-electron chi connectivity index (χ2n) is 18.2. The fourth-order valence-corrected chi connectivity index (χ4v) is 12.2. The van der Waals surface area contributed by atoms with Gasteiger partial charge in [-0.15, -0.1) is 0 Å². The Morgan fingerprint density at radius 3 is 0.985 bits per heavy atom. The molecular weight excluding hydrogens is 823 g/mol. The molecule has 0 unspecified atom stereocenters. The van der Waals surface area contributed by atoms with E-state index in [1.807, 2.05) is 0 Å². The normalized spacial score (nSPS) is 13.8. The van der Waals surface area contributed by atoms with Gasteiger partial charge in [0.25, 0.3) is 0 Å². The fraction of sp³-hybridized carbons (Fsp3) is 0.0308. The van der Waals surface area contributed by atoms with E-state index in [2.05, 4.69) is 249 Å². The van der Waals surface area contributed by atoms with Crippen LogP contribution in [0.2, 0.25) is 0 Å². The Bertz CT molecular complexity index is 3620. The molecule has 316 valence electrons. The van der Waals surface area contributed by atoms with Crippen molar-refractivity contribution in [2.45, 2.75) is 10.8 Å². The van der Waals surface area contributed by atoms with Crippen molar-refractivity contribution in [3.8, 4) is 78.7 Å². The van der Waals surface area contributed by atoms with Crippen LogP contribution in [0, 0.1) is 0 Å². The molecule has 0 N–H and O–H groups in total. The van der Waals surface area contributed by atoms with E-state index in [1.54, 1.807) is 0 Å². The average molecular weight is 864 g/mol. The second-order valence-corrected chi connectivity index (χ2v) is 18.2. The lowest BCUT2D eigenvalue weighted by Gasteiger charge is -2.49. The Balaban J connectivity index is 1.12. The summed E-state index contributed by atoms with van der Waals surface area (Å²) in [5.74, 6) is 1.87. The van der Waals surface area contributed by atoms with Gasteiger partial charge in [-0.25, -0.2) is 15.0 Å². The van der Waals surface area contributed by atoms with E-state index in [1.165, 1.54) is 66.8 Å².